The first-order chi connectivity index (χ1) is 10.4. The summed E-state index contributed by atoms with van der Waals surface area (Å²) in [6, 6.07) is 7.29. The molecule has 1 atom stereocenters. The van der Waals surface area contributed by atoms with Crippen LogP contribution in [0, 0.1) is 0 Å². The van der Waals surface area contributed by atoms with Crippen LogP contribution >= 0.6 is 0 Å². The molecule has 0 aliphatic carbocycles. The van der Waals surface area contributed by atoms with Crippen molar-refractivity contribution in [2.45, 2.75) is 38.5 Å². The SMILES string of the molecule is CN(CC(=O)Nc1ccccc1C(C)(C)C)CC(O)C(F)(F)F. The van der Waals surface area contributed by atoms with E-state index in [0.29, 0.717) is 5.69 Å². The summed E-state index contributed by atoms with van der Waals surface area (Å²) in [6.07, 6.45) is -7.16. The van der Waals surface area contributed by atoms with Crippen molar-refractivity contribution in [3.8, 4) is 0 Å². The van der Waals surface area contributed by atoms with Gasteiger partial charge in [-0.2, -0.15) is 13.2 Å². The number of likely N-dealkylation sites (N-methyl/N-ethyl adjacent to an activating group) is 1. The topological polar surface area (TPSA) is 52.6 Å². The summed E-state index contributed by atoms with van der Waals surface area (Å²) in [5.41, 5.74) is 1.39. The molecule has 1 aromatic rings. The fraction of sp³-hybridized carbons (Fsp3) is 0.562. The summed E-state index contributed by atoms with van der Waals surface area (Å²) in [6.45, 7) is 5.11. The number of para-hydroxylation sites is 1. The lowest BCUT2D eigenvalue weighted by molar-refractivity contribution is -0.207. The zero-order valence-electron chi connectivity index (χ0n) is 13.7. The van der Waals surface area contributed by atoms with Gasteiger partial charge in [-0.3, -0.25) is 9.69 Å². The molecule has 0 aliphatic heterocycles. The zero-order chi connectivity index (χ0) is 17.8. The number of hydrogen-bond acceptors (Lipinski definition) is 3. The molecule has 0 bridgehead atoms. The third kappa shape index (κ3) is 6.19. The van der Waals surface area contributed by atoms with Crippen molar-refractivity contribution in [2.24, 2.45) is 0 Å². The van der Waals surface area contributed by atoms with Crippen LogP contribution in [0.5, 0.6) is 0 Å². The minimum absolute atomic E-state index is 0.178. The monoisotopic (exact) mass is 332 g/mol. The van der Waals surface area contributed by atoms with Crippen LogP contribution in [0.1, 0.15) is 26.3 Å². The number of nitrogens with one attached hydrogen (secondary N) is 1. The predicted molar refractivity (Wildman–Crippen MR) is 83.3 cm³/mol. The number of nitrogens with zero attached hydrogens (tertiary/aromatic N) is 1. The normalized spacial score (nSPS) is 14.0. The van der Waals surface area contributed by atoms with Gasteiger partial charge in [0.15, 0.2) is 6.10 Å². The Morgan fingerprint density at radius 1 is 1.26 bits per heavy atom. The lowest BCUT2D eigenvalue weighted by Crippen LogP contribution is -2.42. The molecule has 0 aliphatic rings. The van der Waals surface area contributed by atoms with Gasteiger partial charge in [0.05, 0.1) is 6.54 Å². The van der Waals surface area contributed by atoms with E-state index in [4.69, 9.17) is 5.11 Å². The first-order valence-electron chi connectivity index (χ1n) is 7.24. The Labute approximate surface area is 134 Å². The second-order valence-corrected chi connectivity index (χ2v) is 6.60. The Hall–Kier alpha value is -1.60. The number of carbonyl (C=O) groups excluding carboxylic acids is 1. The van der Waals surface area contributed by atoms with Crippen molar-refractivity contribution in [1.29, 1.82) is 0 Å². The van der Waals surface area contributed by atoms with Gasteiger partial charge in [0.25, 0.3) is 0 Å². The summed E-state index contributed by atoms with van der Waals surface area (Å²) in [7, 11) is 1.35. The highest BCUT2D eigenvalue weighted by molar-refractivity contribution is 5.93. The Kier molecular flexibility index (Phi) is 6.18. The molecule has 1 amide bonds. The molecule has 23 heavy (non-hydrogen) atoms. The minimum atomic E-state index is -4.69. The van der Waals surface area contributed by atoms with Crippen molar-refractivity contribution < 1.29 is 23.1 Å². The molecule has 1 aromatic carbocycles. The third-order valence-electron chi connectivity index (χ3n) is 3.29. The lowest BCUT2D eigenvalue weighted by atomic mass is 9.86. The first-order valence-corrected chi connectivity index (χ1v) is 7.24. The number of carbonyl (C=O) groups is 1. The average molecular weight is 332 g/mol. The van der Waals surface area contributed by atoms with Gasteiger partial charge in [-0.25, -0.2) is 0 Å². The van der Waals surface area contributed by atoms with Crippen LogP contribution < -0.4 is 5.32 Å². The van der Waals surface area contributed by atoms with E-state index >= 15 is 0 Å². The van der Waals surface area contributed by atoms with Gasteiger partial charge < -0.3 is 10.4 Å². The number of alkyl halides is 3. The van der Waals surface area contributed by atoms with Gasteiger partial charge in [-0.15, -0.1) is 0 Å². The van der Waals surface area contributed by atoms with Gasteiger partial charge in [0, 0.05) is 12.2 Å². The maximum Gasteiger partial charge on any atom is 0.415 e. The van der Waals surface area contributed by atoms with E-state index in [1.807, 2.05) is 32.9 Å². The smallest absolute Gasteiger partial charge is 0.382 e. The quantitative estimate of drug-likeness (QED) is 0.872. The Balaban J connectivity index is 2.68. The molecule has 4 nitrogen and oxygen atoms in total. The van der Waals surface area contributed by atoms with Crippen LogP contribution in [0.3, 0.4) is 0 Å². The third-order valence-corrected chi connectivity index (χ3v) is 3.29. The van der Waals surface area contributed by atoms with E-state index < -0.39 is 24.7 Å². The van der Waals surface area contributed by atoms with Crippen LogP contribution in [-0.4, -0.2) is 48.3 Å². The lowest BCUT2D eigenvalue weighted by Gasteiger charge is -2.24. The molecule has 0 aromatic heterocycles. The molecule has 7 heteroatoms. The molecule has 2 N–H and O–H groups in total. The molecule has 1 rings (SSSR count). The van der Waals surface area contributed by atoms with Gasteiger partial charge in [-0.05, 0) is 24.1 Å². The Morgan fingerprint density at radius 2 is 1.83 bits per heavy atom. The van der Waals surface area contributed by atoms with Gasteiger partial charge in [0.1, 0.15) is 0 Å². The van der Waals surface area contributed by atoms with Crippen LogP contribution in [0.25, 0.3) is 0 Å². The van der Waals surface area contributed by atoms with E-state index in [1.165, 1.54) is 7.05 Å². The van der Waals surface area contributed by atoms with Crippen LogP contribution in [0.15, 0.2) is 24.3 Å². The molecule has 0 heterocycles. The van der Waals surface area contributed by atoms with Crippen LogP contribution in [0.2, 0.25) is 0 Å². The van der Waals surface area contributed by atoms with Gasteiger partial charge in [-0.1, -0.05) is 39.0 Å². The summed E-state index contributed by atoms with van der Waals surface area (Å²) in [4.78, 5) is 13.1. The predicted octanol–water partition coefficient (Wildman–Crippen LogP) is 2.78. The largest absolute Gasteiger partial charge is 0.415 e. The van der Waals surface area contributed by atoms with Crippen molar-refractivity contribution >= 4 is 11.6 Å². The highest BCUT2D eigenvalue weighted by Gasteiger charge is 2.38. The number of rotatable bonds is 5. The number of halogens is 3. The van der Waals surface area contributed by atoms with Crippen LogP contribution in [0.4, 0.5) is 18.9 Å². The summed E-state index contributed by atoms with van der Waals surface area (Å²) in [5.74, 6) is -0.432. The highest BCUT2D eigenvalue weighted by atomic mass is 19.4. The Bertz CT molecular complexity index is 539. The van der Waals surface area contributed by atoms with Crippen molar-refractivity contribution in [3.05, 3.63) is 29.8 Å². The van der Waals surface area contributed by atoms with Gasteiger partial charge in [0.2, 0.25) is 5.91 Å². The molecule has 0 saturated heterocycles. The van der Waals surface area contributed by atoms with Crippen molar-refractivity contribution in [1.82, 2.24) is 4.90 Å². The second kappa shape index (κ2) is 7.31. The number of hydrogen-bond donors (Lipinski definition) is 2. The molecule has 1 unspecified atom stereocenters. The first kappa shape index (κ1) is 19.4. The summed E-state index contributed by atoms with van der Waals surface area (Å²) >= 11 is 0. The summed E-state index contributed by atoms with van der Waals surface area (Å²) < 4.78 is 36.9. The number of aliphatic hydroxyl groups is 1. The van der Waals surface area contributed by atoms with Crippen molar-refractivity contribution in [3.63, 3.8) is 0 Å². The maximum absolute atomic E-state index is 12.3. The Morgan fingerprint density at radius 3 is 2.35 bits per heavy atom. The molecule has 0 spiro atoms. The molecular formula is C16H23F3N2O2. The number of amides is 1. The summed E-state index contributed by atoms with van der Waals surface area (Å²) in [5, 5.41) is 11.7. The minimum Gasteiger partial charge on any atom is -0.382 e. The molecule has 0 saturated carbocycles. The fourth-order valence-electron chi connectivity index (χ4n) is 2.14. The average Bonchev–Trinajstić information content (AvgIpc) is 2.36. The number of aliphatic hydroxyl groups excluding tert-OH is 1. The molecule has 0 radical (unpaired) electrons. The van der Waals surface area contributed by atoms with Crippen LogP contribution in [-0.2, 0) is 10.2 Å². The number of benzene rings is 1. The van der Waals surface area contributed by atoms with E-state index in [0.717, 1.165) is 10.5 Å². The number of anilines is 1. The van der Waals surface area contributed by atoms with E-state index in [2.05, 4.69) is 5.32 Å². The molecular weight excluding hydrogens is 309 g/mol. The standard InChI is InChI=1S/C16H23F3N2O2/c1-15(2,3)11-7-5-6-8-12(11)20-14(23)10-21(4)9-13(22)16(17,18)19/h5-8,13,22H,9-10H2,1-4H3,(H,20,23). The molecule has 0 fully saturated rings. The maximum atomic E-state index is 12.3. The highest BCUT2D eigenvalue weighted by Crippen LogP contribution is 2.29. The zero-order valence-corrected chi connectivity index (χ0v) is 13.7. The van der Waals surface area contributed by atoms with Gasteiger partial charge >= 0.3 is 6.18 Å². The molecule has 130 valence electrons. The second-order valence-electron chi connectivity index (χ2n) is 6.60. The van der Waals surface area contributed by atoms with E-state index in [1.54, 1.807) is 12.1 Å². The van der Waals surface area contributed by atoms with E-state index in [-0.39, 0.29) is 12.0 Å². The fourth-order valence-corrected chi connectivity index (χ4v) is 2.14. The van der Waals surface area contributed by atoms with E-state index in [9.17, 15) is 18.0 Å². The van der Waals surface area contributed by atoms with Crippen molar-refractivity contribution in [2.75, 3.05) is 25.5 Å².